The van der Waals surface area contributed by atoms with Crippen LogP contribution in [0, 0.1) is 6.92 Å². The van der Waals surface area contributed by atoms with Crippen molar-refractivity contribution in [3.8, 4) is 5.75 Å². The Morgan fingerprint density at radius 1 is 1.24 bits per heavy atom. The maximum absolute atomic E-state index is 12.2. The third-order valence-electron chi connectivity index (χ3n) is 4.43. The van der Waals surface area contributed by atoms with E-state index in [4.69, 9.17) is 16.3 Å². The van der Waals surface area contributed by atoms with Crippen molar-refractivity contribution in [1.82, 2.24) is 10.2 Å². The molecule has 0 bridgehead atoms. The zero-order valence-electron chi connectivity index (χ0n) is 16.0. The Hall–Kier alpha value is -3.06. The molecule has 4 amide bonds. The number of halogens is 1. The highest BCUT2D eigenvalue weighted by Crippen LogP contribution is 2.22. The van der Waals surface area contributed by atoms with Gasteiger partial charge in [-0.25, -0.2) is 4.79 Å². The van der Waals surface area contributed by atoms with E-state index in [2.05, 4.69) is 10.6 Å². The summed E-state index contributed by atoms with van der Waals surface area (Å²) in [5.41, 5.74) is 2.33. The van der Waals surface area contributed by atoms with Crippen LogP contribution in [0.4, 0.5) is 10.5 Å². The van der Waals surface area contributed by atoms with Crippen molar-refractivity contribution < 1.29 is 19.1 Å². The summed E-state index contributed by atoms with van der Waals surface area (Å²) in [6.07, 6.45) is 0.875. The number of aryl methyl sites for hydroxylation is 1. The molecule has 1 aliphatic heterocycles. The molecule has 0 aliphatic carbocycles. The van der Waals surface area contributed by atoms with Crippen LogP contribution in [0.3, 0.4) is 0 Å². The van der Waals surface area contributed by atoms with Crippen molar-refractivity contribution in [2.24, 2.45) is 0 Å². The average molecular weight is 416 g/mol. The quantitative estimate of drug-likeness (QED) is 0.510. The summed E-state index contributed by atoms with van der Waals surface area (Å²) in [6.45, 7) is 2.53. The summed E-state index contributed by atoms with van der Waals surface area (Å²) < 4.78 is 5.69. The first-order chi connectivity index (χ1) is 13.9. The number of benzene rings is 2. The van der Waals surface area contributed by atoms with Crippen molar-refractivity contribution in [2.75, 3.05) is 18.5 Å². The highest BCUT2D eigenvalue weighted by atomic mass is 35.5. The highest BCUT2D eigenvalue weighted by Gasteiger charge is 2.28. The molecule has 1 heterocycles. The van der Waals surface area contributed by atoms with Crippen molar-refractivity contribution >= 4 is 35.1 Å². The first kappa shape index (κ1) is 20.7. The molecule has 1 aliphatic rings. The Kier molecular flexibility index (Phi) is 6.72. The maximum Gasteiger partial charge on any atom is 0.324 e. The first-order valence-electron chi connectivity index (χ1n) is 9.28. The van der Waals surface area contributed by atoms with Crippen molar-refractivity contribution in [1.29, 1.82) is 0 Å². The van der Waals surface area contributed by atoms with Gasteiger partial charge in [-0.3, -0.25) is 14.5 Å². The van der Waals surface area contributed by atoms with Crippen molar-refractivity contribution in [3.05, 3.63) is 58.6 Å². The molecular formula is C21H22ClN3O4. The van der Waals surface area contributed by atoms with E-state index in [1.807, 2.05) is 19.1 Å². The van der Waals surface area contributed by atoms with Gasteiger partial charge < -0.3 is 15.4 Å². The lowest BCUT2D eigenvalue weighted by atomic mass is 10.2. The molecule has 0 unspecified atom stereocenters. The van der Waals surface area contributed by atoms with Crippen LogP contribution in [0.2, 0.25) is 5.02 Å². The number of urea groups is 1. The molecule has 0 saturated carbocycles. The third kappa shape index (κ3) is 5.71. The lowest BCUT2D eigenvalue weighted by molar-refractivity contribution is -0.125. The van der Waals surface area contributed by atoms with Gasteiger partial charge in [-0.1, -0.05) is 23.7 Å². The third-order valence-corrected chi connectivity index (χ3v) is 4.67. The second kappa shape index (κ2) is 9.43. The second-order valence-corrected chi connectivity index (χ2v) is 7.19. The van der Waals surface area contributed by atoms with Gasteiger partial charge in [0.1, 0.15) is 5.75 Å². The fourth-order valence-electron chi connectivity index (χ4n) is 2.96. The Labute approximate surface area is 174 Å². The van der Waals surface area contributed by atoms with E-state index in [0.717, 1.165) is 21.8 Å². The van der Waals surface area contributed by atoms with E-state index in [0.29, 0.717) is 30.2 Å². The molecule has 29 heavy (non-hydrogen) atoms. The van der Waals surface area contributed by atoms with Gasteiger partial charge in [0.2, 0.25) is 11.8 Å². The molecule has 2 N–H and O–H groups in total. The molecule has 8 heteroatoms. The molecule has 0 aromatic heterocycles. The number of hydrogen-bond donors (Lipinski definition) is 2. The van der Waals surface area contributed by atoms with Gasteiger partial charge in [-0.15, -0.1) is 0 Å². The minimum atomic E-state index is -0.402. The van der Waals surface area contributed by atoms with Crippen LogP contribution in [0.1, 0.15) is 24.0 Å². The number of nitrogens with one attached hydrogen (secondary N) is 2. The van der Waals surface area contributed by atoms with Gasteiger partial charge in [-0.2, -0.15) is 0 Å². The fourth-order valence-corrected chi connectivity index (χ4v) is 3.19. The molecule has 2 aromatic rings. The molecule has 1 fully saturated rings. The maximum atomic E-state index is 12.2. The predicted molar refractivity (Wildman–Crippen MR) is 110 cm³/mol. The number of amides is 4. The summed E-state index contributed by atoms with van der Waals surface area (Å²) in [5, 5.41) is 5.97. The predicted octanol–water partition coefficient (Wildman–Crippen LogP) is 3.50. The number of anilines is 1. The van der Waals surface area contributed by atoms with Crippen LogP contribution in [0.25, 0.3) is 0 Å². The van der Waals surface area contributed by atoms with Gasteiger partial charge in [0.15, 0.2) is 0 Å². The summed E-state index contributed by atoms with van der Waals surface area (Å²) in [6, 6.07) is 12.1. The van der Waals surface area contributed by atoms with Gasteiger partial charge in [0.25, 0.3) is 0 Å². The fraction of sp³-hybridized carbons (Fsp3) is 0.286. The van der Waals surface area contributed by atoms with E-state index < -0.39 is 6.03 Å². The van der Waals surface area contributed by atoms with Crippen LogP contribution >= 0.6 is 11.6 Å². The van der Waals surface area contributed by atoms with Gasteiger partial charge in [-0.05, 0) is 54.8 Å². The first-order valence-corrected chi connectivity index (χ1v) is 9.66. The standard InChI is InChI=1S/C21H22ClN3O4/c1-14-10-16(22)7-8-18(14)29-9-3-6-19(26)24-17-5-2-4-15(11-17)13-25-20(27)12-23-21(25)28/h2,4-5,7-8,10-11H,3,6,9,12-13H2,1H3,(H,23,28)(H,24,26). The molecule has 0 radical (unpaired) electrons. The van der Waals surface area contributed by atoms with Gasteiger partial charge in [0.05, 0.1) is 19.7 Å². The molecule has 0 atom stereocenters. The minimum absolute atomic E-state index is 0.0207. The second-order valence-electron chi connectivity index (χ2n) is 6.75. The average Bonchev–Trinajstić information content (AvgIpc) is 2.99. The largest absolute Gasteiger partial charge is 0.493 e. The van der Waals surface area contributed by atoms with E-state index >= 15 is 0 Å². The molecule has 7 nitrogen and oxygen atoms in total. The summed E-state index contributed by atoms with van der Waals surface area (Å²) >= 11 is 5.92. The van der Waals surface area contributed by atoms with Crippen LogP contribution in [-0.4, -0.2) is 35.9 Å². The number of imide groups is 1. The number of rotatable bonds is 8. The summed E-state index contributed by atoms with van der Waals surface area (Å²) in [4.78, 5) is 36.7. The smallest absolute Gasteiger partial charge is 0.324 e. The zero-order valence-corrected chi connectivity index (χ0v) is 16.8. The lowest BCUT2D eigenvalue weighted by Crippen LogP contribution is -2.30. The minimum Gasteiger partial charge on any atom is -0.493 e. The molecule has 2 aromatic carbocycles. The van der Waals surface area contributed by atoms with E-state index in [1.54, 1.807) is 30.3 Å². The van der Waals surface area contributed by atoms with Crippen LogP contribution in [-0.2, 0) is 16.1 Å². The van der Waals surface area contributed by atoms with Crippen LogP contribution in [0.15, 0.2) is 42.5 Å². The Balaban J connectivity index is 1.45. The van der Waals surface area contributed by atoms with Crippen molar-refractivity contribution in [2.45, 2.75) is 26.3 Å². The molecule has 0 spiro atoms. The van der Waals surface area contributed by atoms with Gasteiger partial charge in [0, 0.05) is 17.1 Å². The normalized spacial score (nSPS) is 13.4. The van der Waals surface area contributed by atoms with Crippen LogP contribution in [0.5, 0.6) is 5.75 Å². The van der Waals surface area contributed by atoms with E-state index in [1.165, 1.54) is 0 Å². The zero-order chi connectivity index (χ0) is 20.8. The SMILES string of the molecule is Cc1cc(Cl)ccc1OCCCC(=O)Nc1cccc(CN2C(=O)CNC2=O)c1. The van der Waals surface area contributed by atoms with E-state index in [9.17, 15) is 14.4 Å². The number of nitrogens with zero attached hydrogens (tertiary/aromatic N) is 1. The number of ether oxygens (including phenoxy) is 1. The number of carbonyl (C=O) groups is 3. The number of carbonyl (C=O) groups excluding carboxylic acids is 3. The van der Waals surface area contributed by atoms with Crippen LogP contribution < -0.4 is 15.4 Å². The van der Waals surface area contributed by atoms with Gasteiger partial charge >= 0.3 is 6.03 Å². The summed E-state index contributed by atoms with van der Waals surface area (Å²) in [7, 11) is 0. The highest BCUT2D eigenvalue weighted by molar-refractivity contribution is 6.30. The lowest BCUT2D eigenvalue weighted by Gasteiger charge is -2.13. The molecular weight excluding hydrogens is 394 g/mol. The Bertz CT molecular complexity index is 916. The van der Waals surface area contributed by atoms with Crippen molar-refractivity contribution in [3.63, 3.8) is 0 Å². The summed E-state index contributed by atoms with van der Waals surface area (Å²) in [5.74, 6) is 0.358. The monoisotopic (exact) mass is 415 g/mol. The van der Waals surface area contributed by atoms with E-state index in [-0.39, 0.29) is 24.9 Å². The Morgan fingerprint density at radius 2 is 2.07 bits per heavy atom. The molecule has 152 valence electrons. The topological polar surface area (TPSA) is 87.7 Å². The molecule has 1 saturated heterocycles. The Morgan fingerprint density at radius 3 is 2.79 bits per heavy atom. The number of hydrogen-bond acceptors (Lipinski definition) is 4. The molecule has 3 rings (SSSR count).